The lowest BCUT2D eigenvalue weighted by atomic mass is 9.86. The van der Waals surface area contributed by atoms with E-state index in [0.29, 0.717) is 0 Å². The third-order valence-electron chi connectivity index (χ3n) is 3.34. The highest BCUT2D eigenvalue weighted by atomic mass is 16.6. The second kappa shape index (κ2) is 7.57. The zero-order chi connectivity index (χ0) is 15.8. The zero-order valence-corrected chi connectivity index (χ0v) is 12.7. The summed E-state index contributed by atoms with van der Waals surface area (Å²) in [6.45, 7) is 5.99. The van der Waals surface area contributed by atoms with Gasteiger partial charge in [-0.1, -0.05) is 66.7 Å². The van der Waals surface area contributed by atoms with E-state index in [-0.39, 0.29) is 13.2 Å². The summed E-state index contributed by atoms with van der Waals surface area (Å²) in [5, 5.41) is 0. The number of carbonyl (C=O) groups is 1. The lowest BCUT2D eigenvalue weighted by Gasteiger charge is -2.32. The van der Waals surface area contributed by atoms with Crippen molar-refractivity contribution in [2.24, 2.45) is 0 Å². The van der Waals surface area contributed by atoms with Crippen molar-refractivity contribution in [3.05, 3.63) is 84.4 Å². The molecule has 0 heterocycles. The minimum atomic E-state index is -1.28. The lowest BCUT2D eigenvalue weighted by Crippen LogP contribution is -2.41. The van der Waals surface area contributed by atoms with Crippen molar-refractivity contribution in [2.45, 2.75) is 12.5 Å². The van der Waals surface area contributed by atoms with Crippen LogP contribution in [0, 0.1) is 0 Å². The van der Waals surface area contributed by atoms with Crippen molar-refractivity contribution in [3.63, 3.8) is 0 Å². The van der Waals surface area contributed by atoms with Crippen LogP contribution in [0.5, 0.6) is 0 Å². The average molecular weight is 296 g/mol. The molecular weight excluding hydrogens is 276 g/mol. The van der Waals surface area contributed by atoms with E-state index in [0.717, 1.165) is 11.1 Å². The molecule has 0 aliphatic heterocycles. The van der Waals surface area contributed by atoms with Crippen LogP contribution in [-0.4, -0.2) is 19.2 Å². The molecule has 3 nitrogen and oxygen atoms in total. The van der Waals surface area contributed by atoms with E-state index in [4.69, 9.17) is 9.47 Å². The summed E-state index contributed by atoms with van der Waals surface area (Å²) in [6.07, 6.45) is 1.62. The molecule has 0 unspecified atom stereocenters. The Kier molecular flexibility index (Phi) is 5.50. The molecule has 0 atom stereocenters. The summed E-state index contributed by atoms with van der Waals surface area (Å²) in [4.78, 5) is 12.8. The molecule has 3 heteroatoms. The Morgan fingerprint density at radius 3 is 1.95 bits per heavy atom. The molecule has 0 fully saturated rings. The minimum Gasteiger partial charge on any atom is -0.463 e. The number of esters is 1. The van der Waals surface area contributed by atoms with Gasteiger partial charge in [-0.15, -0.1) is 6.58 Å². The van der Waals surface area contributed by atoms with Gasteiger partial charge in [-0.3, -0.25) is 0 Å². The zero-order valence-electron chi connectivity index (χ0n) is 12.7. The van der Waals surface area contributed by atoms with Gasteiger partial charge in [0.1, 0.15) is 0 Å². The summed E-state index contributed by atoms with van der Waals surface area (Å²) in [5.41, 5.74) is 0.190. The maximum absolute atomic E-state index is 12.8. The van der Waals surface area contributed by atoms with Crippen LogP contribution < -0.4 is 0 Å². The molecule has 2 aromatic carbocycles. The van der Waals surface area contributed by atoms with Crippen LogP contribution in [0.4, 0.5) is 0 Å². The number of ether oxygens (including phenoxy) is 2. The quantitative estimate of drug-likeness (QED) is 0.577. The summed E-state index contributed by atoms with van der Waals surface area (Å²) in [5.74, 6) is -0.422. The molecule has 0 radical (unpaired) electrons. The molecular formula is C19H20O3. The fourth-order valence-electron chi connectivity index (χ4n) is 2.39. The maximum atomic E-state index is 12.8. The molecule has 0 aliphatic rings. The predicted molar refractivity (Wildman–Crippen MR) is 86.4 cm³/mol. The van der Waals surface area contributed by atoms with Crippen LogP contribution in [0.2, 0.25) is 0 Å². The summed E-state index contributed by atoms with van der Waals surface area (Å²) >= 11 is 0. The molecule has 0 saturated carbocycles. The molecule has 0 saturated heterocycles. The van der Waals surface area contributed by atoms with E-state index in [2.05, 4.69) is 6.58 Å². The molecule has 2 aromatic rings. The Labute approximate surface area is 131 Å². The number of benzene rings is 2. The van der Waals surface area contributed by atoms with E-state index in [9.17, 15) is 4.79 Å². The molecule has 0 bridgehead atoms. The van der Waals surface area contributed by atoms with Gasteiger partial charge in [-0.2, -0.15) is 0 Å². The number of rotatable bonds is 7. The van der Waals surface area contributed by atoms with E-state index in [1.54, 1.807) is 13.0 Å². The van der Waals surface area contributed by atoms with Gasteiger partial charge in [0.2, 0.25) is 5.60 Å². The Morgan fingerprint density at radius 1 is 1.05 bits per heavy atom. The van der Waals surface area contributed by atoms with E-state index in [1.807, 2.05) is 60.7 Å². The molecule has 0 spiro atoms. The topological polar surface area (TPSA) is 35.5 Å². The van der Waals surface area contributed by atoms with Crippen molar-refractivity contribution in [2.75, 3.05) is 13.2 Å². The van der Waals surface area contributed by atoms with Gasteiger partial charge in [-0.25, -0.2) is 4.79 Å². The monoisotopic (exact) mass is 296 g/mol. The van der Waals surface area contributed by atoms with Gasteiger partial charge in [0.25, 0.3) is 0 Å². The fraction of sp³-hybridized carbons (Fsp3) is 0.211. The first-order chi connectivity index (χ1) is 10.8. The third kappa shape index (κ3) is 3.10. The van der Waals surface area contributed by atoms with Gasteiger partial charge >= 0.3 is 5.97 Å². The normalized spacial score (nSPS) is 11.0. The van der Waals surface area contributed by atoms with E-state index >= 15 is 0 Å². The molecule has 22 heavy (non-hydrogen) atoms. The number of carbonyl (C=O) groups excluding carboxylic acids is 1. The number of hydrogen-bond donors (Lipinski definition) is 0. The Bertz CT molecular complexity index is 566. The first-order valence-electron chi connectivity index (χ1n) is 7.28. The third-order valence-corrected chi connectivity index (χ3v) is 3.34. The van der Waals surface area contributed by atoms with Gasteiger partial charge in [0.05, 0.1) is 13.2 Å². The Balaban J connectivity index is 2.63. The first kappa shape index (κ1) is 16.0. The summed E-state index contributed by atoms with van der Waals surface area (Å²) in [7, 11) is 0. The lowest BCUT2D eigenvalue weighted by molar-refractivity contribution is -0.166. The van der Waals surface area contributed by atoms with Gasteiger partial charge < -0.3 is 9.47 Å². The SMILES string of the molecule is C=CCOC(C(=O)OCC)(c1ccccc1)c1ccccc1. The highest BCUT2D eigenvalue weighted by molar-refractivity contribution is 5.85. The second-order valence-electron chi connectivity index (χ2n) is 4.73. The maximum Gasteiger partial charge on any atom is 0.347 e. The van der Waals surface area contributed by atoms with E-state index < -0.39 is 11.6 Å². The largest absolute Gasteiger partial charge is 0.463 e. The van der Waals surface area contributed by atoms with Crippen LogP contribution in [0.15, 0.2) is 73.3 Å². The Hall–Kier alpha value is -2.39. The van der Waals surface area contributed by atoms with Crippen molar-refractivity contribution in [3.8, 4) is 0 Å². The summed E-state index contributed by atoms with van der Waals surface area (Å²) in [6, 6.07) is 18.8. The standard InChI is InChI=1S/C19H20O3/c1-3-15-22-19(18(20)21-4-2,16-11-7-5-8-12-16)17-13-9-6-10-14-17/h3,5-14H,1,4,15H2,2H3. The van der Waals surface area contributed by atoms with E-state index in [1.165, 1.54) is 0 Å². The molecule has 0 aliphatic carbocycles. The van der Waals surface area contributed by atoms with Gasteiger partial charge in [0, 0.05) is 0 Å². The number of hydrogen-bond acceptors (Lipinski definition) is 3. The van der Waals surface area contributed by atoms with Crippen molar-refractivity contribution in [1.82, 2.24) is 0 Å². The Morgan fingerprint density at radius 2 is 1.55 bits per heavy atom. The molecule has 114 valence electrons. The summed E-state index contributed by atoms with van der Waals surface area (Å²) < 4.78 is 11.3. The minimum absolute atomic E-state index is 0.239. The van der Waals surface area contributed by atoms with Crippen molar-refractivity contribution in [1.29, 1.82) is 0 Å². The highest BCUT2D eigenvalue weighted by Gasteiger charge is 2.44. The van der Waals surface area contributed by atoms with Gasteiger partial charge in [0.15, 0.2) is 0 Å². The van der Waals surface area contributed by atoms with Crippen LogP contribution in [0.3, 0.4) is 0 Å². The highest BCUT2D eigenvalue weighted by Crippen LogP contribution is 2.35. The van der Waals surface area contributed by atoms with Crippen molar-refractivity contribution >= 4 is 5.97 Å². The van der Waals surface area contributed by atoms with Crippen LogP contribution >= 0.6 is 0 Å². The predicted octanol–water partition coefficient (Wildman–Crippen LogP) is 3.70. The average Bonchev–Trinajstić information content (AvgIpc) is 2.58. The molecule has 2 rings (SSSR count). The molecule has 0 amide bonds. The molecule has 0 N–H and O–H groups in total. The second-order valence-corrected chi connectivity index (χ2v) is 4.73. The van der Waals surface area contributed by atoms with Gasteiger partial charge in [-0.05, 0) is 18.1 Å². The van der Waals surface area contributed by atoms with Crippen LogP contribution in [0.25, 0.3) is 0 Å². The van der Waals surface area contributed by atoms with Crippen LogP contribution in [0.1, 0.15) is 18.1 Å². The van der Waals surface area contributed by atoms with Crippen molar-refractivity contribution < 1.29 is 14.3 Å². The smallest absolute Gasteiger partial charge is 0.347 e. The van der Waals surface area contributed by atoms with Crippen LogP contribution in [-0.2, 0) is 19.9 Å². The molecule has 0 aromatic heterocycles. The first-order valence-corrected chi connectivity index (χ1v) is 7.28. The fourth-order valence-corrected chi connectivity index (χ4v) is 2.39.